The lowest BCUT2D eigenvalue weighted by molar-refractivity contribution is 0.352. The number of thiophene rings is 1. The molecule has 0 fully saturated rings. The first kappa shape index (κ1) is 20.6. The van der Waals surface area contributed by atoms with Gasteiger partial charge in [-0.2, -0.15) is 0 Å². The van der Waals surface area contributed by atoms with Gasteiger partial charge in [0.1, 0.15) is 0 Å². The van der Waals surface area contributed by atoms with Gasteiger partial charge < -0.3 is 20.1 Å². The molecule has 142 valence electrons. The second kappa shape index (κ2) is 9.28. The molecule has 1 aromatic heterocycles. The normalized spacial score (nSPS) is 12.0. The summed E-state index contributed by atoms with van der Waals surface area (Å²) in [7, 11) is 5.04. The predicted octanol–water partition coefficient (Wildman–Crippen LogP) is 4.17. The van der Waals surface area contributed by atoms with Crippen molar-refractivity contribution in [3.8, 4) is 11.5 Å². The Balaban J connectivity index is 1.98. The van der Waals surface area contributed by atoms with Crippen molar-refractivity contribution < 1.29 is 9.47 Å². The minimum absolute atomic E-state index is 0.0398. The van der Waals surface area contributed by atoms with Crippen LogP contribution in [0.5, 0.6) is 11.5 Å². The van der Waals surface area contributed by atoms with Crippen molar-refractivity contribution in [2.24, 2.45) is 4.99 Å². The lowest BCUT2D eigenvalue weighted by Crippen LogP contribution is -2.42. The van der Waals surface area contributed by atoms with Gasteiger partial charge in [-0.3, -0.25) is 4.99 Å². The molecule has 0 bridgehead atoms. The van der Waals surface area contributed by atoms with E-state index in [9.17, 15) is 0 Å². The largest absolute Gasteiger partial charge is 0.493 e. The average molecular weight is 440 g/mol. The van der Waals surface area contributed by atoms with E-state index < -0.39 is 0 Å². The summed E-state index contributed by atoms with van der Waals surface area (Å²) in [5.41, 5.74) is 1.10. The predicted molar refractivity (Wildman–Crippen MR) is 113 cm³/mol. The van der Waals surface area contributed by atoms with Crippen LogP contribution in [0.2, 0.25) is 0 Å². The molecule has 2 N–H and O–H groups in total. The zero-order chi connectivity index (χ0) is 19.2. The molecule has 1 aromatic carbocycles. The Kier molecular flexibility index (Phi) is 7.34. The van der Waals surface area contributed by atoms with Crippen LogP contribution < -0.4 is 20.1 Å². The zero-order valence-corrected chi connectivity index (χ0v) is 18.3. The summed E-state index contributed by atoms with van der Waals surface area (Å²) in [5.74, 6) is 2.15. The van der Waals surface area contributed by atoms with Crippen molar-refractivity contribution in [2.45, 2.75) is 25.8 Å². The van der Waals surface area contributed by atoms with Crippen molar-refractivity contribution in [2.75, 3.05) is 27.8 Å². The molecular formula is C19H26BrN3O2S. The molecule has 0 atom stereocenters. The average Bonchev–Trinajstić information content (AvgIpc) is 3.17. The summed E-state index contributed by atoms with van der Waals surface area (Å²) >= 11 is 5.30. The van der Waals surface area contributed by atoms with Crippen LogP contribution in [0.3, 0.4) is 0 Å². The van der Waals surface area contributed by atoms with E-state index in [1.807, 2.05) is 12.1 Å². The molecule has 2 aromatic rings. The van der Waals surface area contributed by atoms with Crippen LogP contribution in [-0.4, -0.2) is 33.8 Å². The molecule has 0 spiro atoms. The maximum Gasteiger partial charge on any atom is 0.191 e. The Labute approximate surface area is 168 Å². The number of rotatable bonds is 7. The van der Waals surface area contributed by atoms with E-state index in [1.165, 1.54) is 4.88 Å². The quantitative estimate of drug-likeness (QED) is 0.501. The first-order valence-corrected chi connectivity index (χ1v) is 9.97. The summed E-state index contributed by atoms with van der Waals surface area (Å²) in [5, 5.41) is 8.87. The van der Waals surface area contributed by atoms with E-state index in [1.54, 1.807) is 32.6 Å². The monoisotopic (exact) mass is 439 g/mol. The van der Waals surface area contributed by atoms with Crippen LogP contribution in [-0.2, 0) is 12.0 Å². The van der Waals surface area contributed by atoms with Gasteiger partial charge in [0.25, 0.3) is 0 Å². The van der Waals surface area contributed by atoms with Gasteiger partial charge in [0.15, 0.2) is 17.5 Å². The third-order valence-electron chi connectivity index (χ3n) is 4.06. The minimum Gasteiger partial charge on any atom is -0.493 e. The highest BCUT2D eigenvalue weighted by molar-refractivity contribution is 9.10. The van der Waals surface area contributed by atoms with Crippen molar-refractivity contribution in [1.29, 1.82) is 0 Å². The number of nitrogens with one attached hydrogen (secondary N) is 2. The van der Waals surface area contributed by atoms with Gasteiger partial charge in [0.2, 0.25) is 0 Å². The van der Waals surface area contributed by atoms with E-state index in [0.717, 1.165) is 22.5 Å². The summed E-state index contributed by atoms with van der Waals surface area (Å²) in [6, 6.07) is 8.23. The Morgan fingerprint density at radius 2 is 2.00 bits per heavy atom. The van der Waals surface area contributed by atoms with Gasteiger partial charge in [-0.25, -0.2) is 0 Å². The Morgan fingerprint density at radius 3 is 2.58 bits per heavy atom. The third-order valence-corrected chi connectivity index (χ3v) is 5.89. The van der Waals surface area contributed by atoms with E-state index in [0.29, 0.717) is 18.0 Å². The molecule has 5 nitrogen and oxygen atoms in total. The number of halogens is 1. The molecule has 0 aliphatic rings. The molecule has 0 radical (unpaired) electrons. The number of ether oxygens (including phenoxy) is 2. The SMILES string of the molecule is CN=C(NCc1cc(Br)c(OC)c(OC)c1)NCC(C)(C)c1cccs1. The number of guanidine groups is 1. The van der Waals surface area contributed by atoms with Crippen LogP contribution in [0, 0.1) is 0 Å². The van der Waals surface area contributed by atoms with Crippen LogP contribution in [0.4, 0.5) is 0 Å². The summed E-state index contributed by atoms with van der Waals surface area (Å²) in [6.07, 6.45) is 0. The molecule has 1 heterocycles. The van der Waals surface area contributed by atoms with Crippen LogP contribution in [0.1, 0.15) is 24.3 Å². The van der Waals surface area contributed by atoms with Gasteiger partial charge in [0.05, 0.1) is 18.7 Å². The fourth-order valence-corrected chi connectivity index (χ4v) is 4.04. The van der Waals surface area contributed by atoms with E-state index in [4.69, 9.17) is 9.47 Å². The second-order valence-corrected chi connectivity index (χ2v) is 8.26. The third kappa shape index (κ3) is 5.14. The number of hydrogen-bond acceptors (Lipinski definition) is 4. The van der Waals surface area contributed by atoms with Crippen molar-refractivity contribution >= 4 is 33.2 Å². The van der Waals surface area contributed by atoms with Gasteiger partial charge in [-0.15, -0.1) is 11.3 Å². The Morgan fingerprint density at radius 1 is 1.23 bits per heavy atom. The number of hydrogen-bond donors (Lipinski definition) is 2. The Bertz CT molecular complexity index is 745. The number of aliphatic imine (C=N–C) groups is 1. The molecule has 0 unspecified atom stereocenters. The summed E-state index contributed by atoms with van der Waals surface area (Å²) in [6.45, 7) is 5.87. The number of methoxy groups -OCH3 is 2. The molecule has 0 saturated heterocycles. The van der Waals surface area contributed by atoms with Gasteiger partial charge in [-0.1, -0.05) is 19.9 Å². The summed E-state index contributed by atoms with van der Waals surface area (Å²) in [4.78, 5) is 5.67. The van der Waals surface area contributed by atoms with Gasteiger partial charge in [0, 0.05) is 30.4 Å². The maximum atomic E-state index is 5.40. The highest BCUT2D eigenvalue weighted by Gasteiger charge is 2.22. The van der Waals surface area contributed by atoms with Crippen LogP contribution >= 0.6 is 27.3 Å². The van der Waals surface area contributed by atoms with Crippen molar-refractivity contribution in [3.63, 3.8) is 0 Å². The Hall–Kier alpha value is -1.73. The number of nitrogens with zero attached hydrogens (tertiary/aromatic N) is 1. The minimum atomic E-state index is 0.0398. The molecule has 26 heavy (non-hydrogen) atoms. The first-order chi connectivity index (χ1) is 12.4. The second-order valence-electron chi connectivity index (χ2n) is 6.45. The van der Waals surface area contributed by atoms with Crippen molar-refractivity contribution in [3.05, 3.63) is 44.6 Å². The molecule has 2 rings (SSSR count). The molecule has 7 heteroatoms. The summed E-state index contributed by atoms with van der Waals surface area (Å²) < 4.78 is 11.6. The standard InChI is InChI=1S/C19H26BrN3O2S/c1-19(2,16-7-6-8-26-16)12-23-18(21-3)22-11-13-9-14(20)17(25-5)15(10-13)24-4/h6-10H,11-12H2,1-5H3,(H2,21,22,23). The molecular weight excluding hydrogens is 414 g/mol. The lowest BCUT2D eigenvalue weighted by atomic mass is 9.91. The van der Waals surface area contributed by atoms with Gasteiger partial charge in [-0.05, 0) is 45.1 Å². The highest BCUT2D eigenvalue weighted by Crippen LogP contribution is 2.36. The smallest absolute Gasteiger partial charge is 0.191 e. The topological polar surface area (TPSA) is 54.9 Å². The van der Waals surface area contributed by atoms with Crippen molar-refractivity contribution in [1.82, 2.24) is 10.6 Å². The van der Waals surface area contributed by atoms with E-state index >= 15 is 0 Å². The molecule has 0 saturated carbocycles. The molecule has 0 amide bonds. The molecule has 0 aliphatic carbocycles. The maximum absolute atomic E-state index is 5.40. The van der Waals surface area contributed by atoms with Crippen LogP contribution in [0.25, 0.3) is 0 Å². The van der Waals surface area contributed by atoms with Gasteiger partial charge >= 0.3 is 0 Å². The highest BCUT2D eigenvalue weighted by atomic mass is 79.9. The molecule has 0 aliphatic heterocycles. The first-order valence-electron chi connectivity index (χ1n) is 8.30. The fraction of sp³-hybridized carbons (Fsp3) is 0.421. The lowest BCUT2D eigenvalue weighted by Gasteiger charge is -2.25. The van der Waals surface area contributed by atoms with Crippen LogP contribution in [0.15, 0.2) is 39.1 Å². The number of benzene rings is 1. The van der Waals surface area contributed by atoms with E-state index in [2.05, 4.69) is 62.9 Å². The zero-order valence-electron chi connectivity index (χ0n) is 15.9. The fourth-order valence-electron chi connectivity index (χ4n) is 2.54. The van der Waals surface area contributed by atoms with E-state index in [-0.39, 0.29) is 5.41 Å².